The molecule has 1 aromatic heterocycles. The van der Waals surface area contributed by atoms with Gasteiger partial charge >= 0.3 is 5.97 Å². The van der Waals surface area contributed by atoms with Crippen molar-refractivity contribution in [3.05, 3.63) is 18.2 Å². The lowest BCUT2D eigenvalue weighted by Crippen LogP contribution is -2.44. The van der Waals surface area contributed by atoms with Crippen molar-refractivity contribution in [3.63, 3.8) is 0 Å². The molecule has 3 rings (SSSR count). The molecule has 0 aromatic carbocycles. The second-order valence-electron chi connectivity index (χ2n) is 5.77. The number of hydrogen-bond acceptors (Lipinski definition) is 3. The maximum Gasteiger partial charge on any atom is 0.308 e. The molecule has 2 fully saturated rings. The van der Waals surface area contributed by atoms with E-state index < -0.39 is 5.97 Å². The molecule has 19 heavy (non-hydrogen) atoms. The quantitative estimate of drug-likeness (QED) is 0.844. The largest absolute Gasteiger partial charge is 0.481 e. The fraction of sp³-hybridized carbons (Fsp3) is 0.714. The molecule has 2 bridgehead atoms. The minimum Gasteiger partial charge on any atom is -0.481 e. The number of aliphatic carboxylic acids is 1. The van der Waals surface area contributed by atoms with Gasteiger partial charge in [-0.15, -0.1) is 0 Å². The van der Waals surface area contributed by atoms with E-state index in [1.54, 1.807) is 0 Å². The number of nitrogens with zero attached hydrogens (tertiary/aromatic N) is 2. The highest BCUT2D eigenvalue weighted by Crippen LogP contribution is 2.48. The van der Waals surface area contributed by atoms with Gasteiger partial charge in [0.25, 0.3) is 0 Å². The van der Waals surface area contributed by atoms with E-state index in [9.17, 15) is 9.90 Å². The second-order valence-corrected chi connectivity index (χ2v) is 5.77. The number of fused-ring (bicyclic) bond motifs is 2. The van der Waals surface area contributed by atoms with Crippen LogP contribution in [0.1, 0.15) is 31.9 Å². The number of rotatable bonds is 5. The molecule has 4 atom stereocenters. The summed E-state index contributed by atoms with van der Waals surface area (Å²) < 4.78 is 2.09. The van der Waals surface area contributed by atoms with Crippen LogP contribution in [0.3, 0.4) is 0 Å². The van der Waals surface area contributed by atoms with E-state index >= 15 is 0 Å². The molecular formula is C14H21N3O2. The molecule has 0 aliphatic heterocycles. The van der Waals surface area contributed by atoms with Gasteiger partial charge in [-0.3, -0.25) is 4.79 Å². The maximum atomic E-state index is 11.4. The first kappa shape index (κ1) is 12.7. The standard InChI is InChI=1S/C14H21N3O2/c1-2-17-8-15-6-11(17)7-16-13-10-4-3-9(5-10)12(13)14(18)19/h6,8-10,12-13,16H,2-5,7H2,1H3,(H,18,19). The van der Waals surface area contributed by atoms with Gasteiger partial charge in [0.15, 0.2) is 0 Å². The van der Waals surface area contributed by atoms with E-state index in [1.807, 2.05) is 12.5 Å². The van der Waals surface area contributed by atoms with Crippen molar-refractivity contribution in [1.82, 2.24) is 14.9 Å². The predicted molar refractivity (Wildman–Crippen MR) is 70.5 cm³/mol. The third-order valence-corrected chi connectivity index (χ3v) is 4.86. The lowest BCUT2D eigenvalue weighted by Gasteiger charge is -2.29. The lowest BCUT2D eigenvalue weighted by atomic mass is 9.84. The number of carbonyl (C=O) groups is 1. The molecular weight excluding hydrogens is 242 g/mol. The van der Waals surface area contributed by atoms with Crippen LogP contribution in [0.5, 0.6) is 0 Å². The van der Waals surface area contributed by atoms with Gasteiger partial charge < -0.3 is 15.0 Å². The molecule has 0 amide bonds. The molecule has 2 N–H and O–H groups in total. The van der Waals surface area contributed by atoms with Crippen LogP contribution in [-0.2, 0) is 17.9 Å². The summed E-state index contributed by atoms with van der Waals surface area (Å²) in [5, 5.41) is 12.9. The molecule has 5 heteroatoms. The van der Waals surface area contributed by atoms with Gasteiger partial charge in [-0.1, -0.05) is 0 Å². The normalized spacial score (nSPS) is 32.9. The van der Waals surface area contributed by atoms with Crippen LogP contribution >= 0.6 is 0 Å². The van der Waals surface area contributed by atoms with Gasteiger partial charge in [0.05, 0.1) is 17.9 Å². The van der Waals surface area contributed by atoms with E-state index in [0.29, 0.717) is 18.4 Å². The van der Waals surface area contributed by atoms with Crippen molar-refractivity contribution in [1.29, 1.82) is 0 Å². The smallest absolute Gasteiger partial charge is 0.308 e. The first-order chi connectivity index (χ1) is 9.20. The van der Waals surface area contributed by atoms with Gasteiger partial charge in [-0.2, -0.15) is 0 Å². The van der Waals surface area contributed by atoms with E-state index in [-0.39, 0.29) is 12.0 Å². The summed E-state index contributed by atoms with van der Waals surface area (Å²) in [6.45, 7) is 3.70. The van der Waals surface area contributed by atoms with Gasteiger partial charge in [0, 0.05) is 25.3 Å². The van der Waals surface area contributed by atoms with Crippen molar-refractivity contribution in [3.8, 4) is 0 Å². The van der Waals surface area contributed by atoms with Gasteiger partial charge in [0.1, 0.15) is 0 Å². The van der Waals surface area contributed by atoms with Crippen molar-refractivity contribution in [2.45, 2.75) is 45.3 Å². The number of aromatic nitrogens is 2. The Morgan fingerprint density at radius 1 is 1.53 bits per heavy atom. The molecule has 1 heterocycles. The van der Waals surface area contributed by atoms with Crippen LogP contribution in [0.4, 0.5) is 0 Å². The Morgan fingerprint density at radius 2 is 2.32 bits per heavy atom. The SMILES string of the molecule is CCn1cncc1CNC1C2CCC(C2)C1C(=O)O. The maximum absolute atomic E-state index is 11.4. The summed E-state index contributed by atoms with van der Waals surface area (Å²) >= 11 is 0. The Balaban J connectivity index is 1.67. The number of nitrogens with one attached hydrogen (secondary N) is 1. The van der Waals surface area contributed by atoms with E-state index in [0.717, 1.165) is 25.1 Å². The van der Waals surface area contributed by atoms with Crippen LogP contribution in [-0.4, -0.2) is 26.7 Å². The third-order valence-electron chi connectivity index (χ3n) is 4.86. The van der Waals surface area contributed by atoms with Gasteiger partial charge in [-0.05, 0) is 38.0 Å². The van der Waals surface area contributed by atoms with Crippen LogP contribution in [0.25, 0.3) is 0 Å². The predicted octanol–water partition coefficient (Wildman–Crippen LogP) is 1.49. The Bertz CT molecular complexity index is 471. The zero-order chi connectivity index (χ0) is 13.4. The summed E-state index contributed by atoms with van der Waals surface area (Å²) in [5.74, 6) is 0.102. The zero-order valence-corrected chi connectivity index (χ0v) is 11.2. The monoisotopic (exact) mass is 263 g/mol. The van der Waals surface area contributed by atoms with Crippen molar-refractivity contribution >= 4 is 5.97 Å². The Labute approximate surface area is 113 Å². The third kappa shape index (κ3) is 2.16. The molecule has 0 saturated heterocycles. The number of imidazole rings is 1. The Hall–Kier alpha value is -1.36. The number of hydrogen-bond donors (Lipinski definition) is 2. The zero-order valence-electron chi connectivity index (χ0n) is 11.2. The van der Waals surface area contributed by atoms with Crippen LogP contribution in [0.15, 0.2) is 12.5 Å². The van der Waals surface area contributed by atoms with Crippen molar-refractivity contribution in [2.24, 2.45) is 17.8 Å². The van der Waals surface area contributed by atoms with Gasteiger partial charge in [-0.25, -0.2) is 4.98 Å². The first-order valence-electron chi connectivity index (χ1n) is 7.16. The molecule has 0 radical (unpaired) electrons. The minimum atomic E-state index is -0.631. The highest BCUT2D eigenvalue weighted by Gasteiger charge is 2.50. The molecule has 2 aliphatic rings. The average Bonchev–Trinajstić information content (AvgIpc) is 3.10. The van der Waals surface area contributed by atoms with Crippen LogP contribution in [0.2, 0.25) is 0 Å². The fourth-order valence-corrected chi connectivity index (χ4v) is 3.94. The van der Waals surface area contributed by atoms with Crippen molar-refractivity contribution < 1.29 is 9.90 Å². The van der Waals surface area contributed by atoms with E-state index in [2.05, 4.69) is 21.8 Å². The van der Waals surface area contributed by atoms with Crippen LogP contribution in [0, 0.1) is 17.8 Å². The number of aryl methyl sites for hydroxylation is 1. The number of carboxylic acids is 1. The average molecular weight is 263 g/mol. The number of carboxylic acid groups (broad SMARTS) is 1. The summed E-state index contributed by atoms with van der Waals surface area (Å²) in [5.41, 5.74) is 1.13. The molecule has 1 aromatic rings. The molecule has 0 spiro atoms. The highest BCUT2D eigenvalue weighted by atomic mass is 16.4. The first-order valence-corrected chi connectivity index (χ1v) is 7.16. The Morgan fingerprint density at radius 3 is 3.05 bits per heavy atom. The molecule has 5 nitrogen and oxygen atoms in total. The minimum absolute atomic E-state index is 0.136. The summed E-state index contributed by atoms with van der Waals surface area (Å²) in [7, 11) is 0. The summed E-state index contributed by atoms with van der Waals surface area (Å²) in [6, 6.07) is 0.136. The molecule has 2 saturated carbocycles. The second kappa shape index (κ2) is 4.96. The molecule has 2 aliphatic carbocycles. The van der Waals surface area contributed by atoms with E-state index in [4.69, 9.17) is 0 Å². The summed E-state index contributed by atoms with van der Waals surface area (Å²) in [4.78, 5) is 15.6. The molecule has 4 unspecified atom stereocenters. The Kier molecular flexibility index (Phi) is 3.31. The topological polar surface area (TPSA) is 67.2 Å². The van der Waals surface area contributed by atoms with Gasteiger partial charge in [0.2, 0.25) is 0 Å². The molecule has 104 valence electrons. The lowest BCUT2D eigenvalue weighted by molar-refractivity contribution is -0.144. The van der Waals surface area contributed by atoms with Crippen LogP contribution < -0.4 is 5.32 Å². The summed E-state index contributed by atoms with van der Waals surface area (Å²) in [6.07, 6.45) is 7.04. The van der Waals surface area contributed by atoms with Crippen molar-refractivity contribution in [2.75, 3.05) is 0 Å². The van der Waals surface area contributed by atoms with E-state index in [1.165, 1.54) is 6.42 Å². The fourth-order valence-electron chi connectivity index (χ4n) is 3.94. The highest BCUT2D eigenvalue weighted by molar-refractivity contribution is 5.72.